The molecule has 2 saturated heterocycles. The molecule has 0 saturated carbocycles. The van der Waals surface area contributed by atoms with Crippen LogP contribution in [0.15, 0.2) is 36.4 Å². The van der Waals surface area contributed by atoms with Crippen molar-refractivity contribution < 1.29 is 31.8 Å². The Bertz CT molecular complexity index is 1460. The van der Waals surface area contributed by atoms with Crippen LogP contribution in [0.5, 0.6) is 0 Å². The molecule has 228 valence electrons. The quantitative estimate of drug-likeness (QED) is 0.349. The Labute approximate surface area is 244 Å². The van der Waals surface area contributed by atoms with E-state index in [1.54, 1.807) is 37.1 Å². The lowest BCUT2D eigenvalue weighted by atomic mass is 9.63. The number of nitrogens with zero attached hydrogens (tertiary/aromatic N) is 4. The molecule has 2 aromatic rings. The molecule has 2 atom stereocenters. The molecule has 5 rings (SSSR count). The Balaban J connectivity index is 1.41. The van der Waals surface area contributed by atoms with Gasteiger partial charge in [0.05, 0.1) is 35.9 Å². The molecule has 1 aromatic heterocycles. The molecule has 42 heavy (non-hydrogen) atoms. The van der Waals surface area contributed by atoms with E-state index in [1.165, 1.54) is 6.07 Å². The number of aromatic nitrogens is 2. The minimum atomic E-state index is -3.78. The maximum Gasteiger partial charge on any atom is 0.258 e. The number of sulfonamides is 1. The third-order valence-electron chi connectivity index (χ3n) is 8.15. The summed E-state index contributed by atoms with van der Waals surface area (Å²) in [5, 5.41) is 12.0. The topological polar surface area (TPSA) is 137 Å². The van der Waals surface area contributed by atoms with Gasteiger partial charge in [0.2, 0.25) is 16.0 Å². The van der Waals surface area contributed by atoms with Crippen LogP contribution < -0.4 is 19.8 Å². The van der Waals surface area contributed by atoms with Gasteiger partial charge in [0, 0.05) is 69.2 Å². The van der Waals surface area contributed by atoms with Gasteiger partial charge in [0.1, 0.15) is 5.82 Å². The van der Waals surface area contributed by atoms with E-state index in [2.05, 4.69) is 37.1 Å². The van der Waals surface area contributed by atoms with Crippen molar-refractivity contribution in [1.29, 1.82) is 0 Å². The molecule has 2 aliphatic heterocycles. The SMILES string of the molecule is COC[C@@]12C=C[C@@H]1CN(c1cc(NS(=O)(=O)CCO)ccc1C(=O)Nc1cc(C)nc(N3CCC(F)(F)CC3)n1)CC2. The van der Waals surface area contributed by atoms with E-state index in [0.717, 1.165) is 6.42 Å². The lowest BCUT2D eigenvalue weighted by Gasteiger charge is -2.51. The van der Waals surface area contributed by atoms with Crippen LogP contribution in [0.1, 0.15) is 35.3 Å². The summed E-state index contributed by atoms with van der Waals surface area (Å²) < 4.78 is 60.0. The number of benzene rings is 1. The lowest BCUT2D eigenvalue weighted by molar-refractivity contribution is -0.0222. The number of halogens is 2. The first kappa shape index (κ1) is 30.1. The van der Waals surface area contributed by atoms with Gasteiger partial charge < -0.3 is 25.0 Å². The molecule has 1 aliphatic carbocycles. The van der Waals surface area contributed by atoms with Gasteiger partial charge in [-0.25, -0.2) is 22.2 Å². The number of aliphatic hydroxyl groups is 1. The fourth-order valence-corrected chi connectivity index (χ4v) is 6.61. The number of aliphatic hydroxyl groups excluding tert-OH is 1. The second-order valence-electron chi connectivity index (χ2n) is 11.2. The third-order valence-corrected chi connectivity index (χ3v) is 9.42. The van der Waals surface area contributed by atoms with Crippen LogP contribution in [0.3, 0.4) is 0 Å². The second-order valence-corrected chi connectivity index (χ2v) is 13.0. The number of carbonyl (C=O) groups is 1. The molecule has 3 aliphatic rings. The van der Waals surface area contributed by atoms with Gasteiger partial charge in [-0.2, -0.15) is 4.98 Å². The zero-order valence-electron chi connectivity index (χ0n) is 23.6. The van der Waals surface area contributed by atoms with E-state index in [0.29, 0.717) is 36.6 Å². The number of ether oxygens (including phenoxy) is 1. The third kappa shape index (κ3) is 6.50. The van der Waals surface area contributed by atoms with Crippen LogP contribution in [0.4, 0.5) is 31.9 Å². The van der Waals surface area contributed by atoms with Crippen LogP contribution in [0.25, 0.3) is 0 Å². The monoisotopic (exact) mass is 606 g/mol. The van der Waals surface area contributed by atoms with Crippen molar-refractivity contribution in [3.63, 3.8) is 0 Å². The van der Waals surface area contributed by atoms with E-state index in [-0.39, 0.29) is 54.7 Å². The number of aryl methyl sites for hydroxylation is 1. The number of amides is 1. The van der Waals surface area contributed by atoms with Gasteiger partial charge in [0.25, 0.3) is 11.8 Å². The summed E-state index contributed by atoms with van der Waals surface area (Å²) in [7, 11) is -2.11. The highest BCUT2D eigenvalue weighted by Crippen LogP contribution is 2.47. The average Bonchev–Trinajstić information content (AvgIpc) is 2.90. The molecule has 11 nitrogen and oxygen atoms in total. The highest BCUT2D eigenvalue weighted by molar-refractivity contribution is 7.92. The van der Waals surface area contributed by atoms with Crippen molar-refractivity contribution in [2.75, 3.05) is 72.1 Å². The number of anilines is 4. The molecule has 0 unspecified atom stereocenters. The van der Waals surface area contributed by atoms with Gasteiger partial charge in [-0.05, 0) is 31.5 Å². The average molecular weight is 607 g/mol. The number of nitrogens with one attached hydrogen (secondary N) is 2. The second kappa shape index (κ2) is 11.7. The number of rotatable bonds is 10. The number of hydrogen-bond acceptors (Lipinski definition) is 9. The standard InChI is InChI=1S/C28H36F2N6O5S/c1-19-15-24(33-26(31-19)35-11-8-28(29,30)9-12-35)32-25(38)22-4-3-21(34-42(39,40)14-13-37)16-23(22)36-10-7-27(18-41-2)6-5-20(27)17-36/h3-6,15-16,20,34,37H,7-14,17-18H2,1-2H3,(H,31,32,33,38)/t20-,27+/m1/s1. The van der Waals surface area contributed by atoms with Crippen LogP contribution >= 0.6 is 0 Å². The largest absolute Gasteiger partial charge is 0.395 e. The fraction of sp³-hybridized carbons (Fsp3) is 0.536. The number of methoxy groups -OCH3 is 1. The number of piperidine rings is 2. The summed E-state index contributed by atoms with van der Waals surface area (Å²) in [4.78, 5) is 26.3. The van der Waals surface area contributed by atoms with Crippen LogP contribution in [-0.2, 0) is 14.8 Å². The smallest absolute Gasteiger partial charge is 0.258 e. The molecular weight excluding hydrogens is 570 g/mol. The van der Waals surface area contributed by atoms with Crippen molar-refractivity contribution in [1.82, 2.24) is 9.97 Å². The van der Waals surface area contributed by atoms with E-state index < -0.39 is 34.2 Å². The summed E-state index contributed by atoms with van der Waals surface area (Å²) in [6.07, 6.45) is 4.51. The van der Waals surface area contributed by atoms with Gasteiger partial charge in [-0.15, -0.1) is 0 Å². The first-order chi connectivity index (χ1) is 19.9. The van der Waals surface area contributed by atoms with Crippen molar-refractivity contribution in [2.24, 2.45) is 11.3 Å². The Kier molecular flexibility index (Phi) is 8.41. The molecule has 1 amide bonds. The van der Waals surface area contributed by atoms with Crippen LogP contribution in [-0.4, -0.2) is 87.6 Å². The van der Waals surface area contributed by atoms with Gasteiger partial charge in [-0.3, -0.25) is 9.52 Å². The zero-order chi connectivity index (χ0) is 30.1. The number of fused-ring (bicyclic) bond motifs is 1. The van der Waals surface area contributed by atoms with E-state index in [1.807, 2.05) is 0 Å². The molecule has 0 radical (unpaired) electrons. The van der Waals surface area contributed by atoms with E-state index in [4.69, 9.17) is 9.84 Å². The minimum absolute atomic E-state index is 0.0543. The molecule has 0 spiro atoms. The van der Waals surface area contributed by atoms with E-state index in [9.17, 15) is 22.0 Å². The Morgan fingerprint density at radius 2 is 1.88 bits per heavy atom. The first-order valence-corrected chi connectivity index (χ1v) is 15.6. The van der Waals surface area contributed by atoms with Gasteiger partial charge in [0.15, 0.2) is 0 Å². The van der Waals surface area contributed by atoms with Gasteiger partial charge in [-0.1, -0.05) is 12.2 Å². The fourth-order valence-electron chi connectivity index (χ4n) is 5.78. The summed E-state index contributed by atoms with van der Waals surface area (Å²) in [5.41, 5.74) is 1.66. The van der Waals surface area contributed by atoms with Crippen molar-refractivity contribution in [2.45, 2.75) is 32.1 Å². The number of hydrogen-bond donors (Lipinski definition) is 3. The Morgan fingerprint density at radius 1 is 1.14 bits per heavy atom. The van der Waals surface area contributed by atoms with Crippen molar-refractivity contribution >= 4 is 39.1 Å². The van der Waals surface area contributed by atoms with Crippen LogP contribution in [0.2, 0.25) is 0 Å². The number of carbonyl (C=O) groups excluding carboxylic acids is 1. The van der Waals surface area contributed by atoms with E-state index >= 15 is 0 Å². The molecule has 3 N–H and O–H groups in total. The highest BCUT2D eigenvalue weighted by Gasteiger charge is 2.45. The summed E-state index contributed by atoms with van der Waals surface area (Å²) in [6, 6.07) is 6.29. The minimum Gasteiger partial charge on any atom is -0.395 e. The normalized spacial score (nSPS) is 23.2. The van der Waals surface area contributed by atoms with Crippen molar-refractivity contribution in [3.05, 3.63) is 47.7 Å². The highest BCUT2D eigenvalue weighted by atomic mass is 32.2. The molecule has 2 fully saturated rings. The maximum atomic E-state index is 13.7. The Hall–Kier alpha value is -3.36. The number of alkyl halides is 2. The molecular formula is C28H36F2N6O5S. The molecule has 0 bridgehead atoms. The maximum absolute atomic E-state index is 13.7. The molecule has 3 heterocycles. The first-order valence-electron chi connectivity index (χ1n) is 13.9. The molecule has 1 aromatic carbocycles. The zero-order valence-corrected chi connectivity index (χ0v) is 24.5. The predicted molar refractivity (Wildman–Crippen MR) is 156 cm³/mol. The summed E-state index contributed by atoms with van der Waals surface area (Å²) in [6.45, 7) is 3.26. The van der Waals surface area contributed by atoms with Crippen molar-refractivity contribution in [3.8, 4) is 0 Å². The lowest BCUT2D eigenvalue weighted by Crippen LogP contribution is -2.52. The summed E-state index contributed by atoms with van der Waals surface area (Å²) in [5.74, 6) is -2.90. The Morgan fingerprint density at radius 3 is 2.52 bits per heavy atom. The van der Waals surface area contributed by atoms with Crippen LogP contribution in [0, 0.1) is 18.3 Å². The van der Waals surface area contributed by atoms with Gasteiger partial charge >= 0.3 is 0 Å². The molecule has 14 heteroatoms. The summed E-state index contributed by atoms with van der Waals surface area (Å²) >= 11 is 0. The predicted octanol–water partition coefficient (Wildman–Crippen LogP) is 3.04.